The quantitative estimate of drug-likeness (QED) is 0.642. The van der Waals surface area contributed by atoms with Crippen molar-refractivity contribution in [1.82, 2.24) is 19.7 Å². The lowest BCUT2D eigenvalue weighted by molar-refractivity contribution is 0.0271. The zero-order chi connectivity index (χ0) is 22.1. The lowest BCUT2D eigenvalue weighted by Crippen LogP contribution is -2.36. The summed E-state index contributed by atoms with van der Waals surface area (Å²) in [5.74, 6) is 0.176. The van der Waals surface area contributed by atoms with E-state index in [2.05, 4.69) is 11.1 Å². The smallest absolute Gasteiger partial charge is 0.410 e. The van der Waals surface area contributed by atoms with Gasteiger partial charge in [0.2, 0.25) is 0 Å². The van der Waals surface area contributed by atoms with Crippen LogP contribution in [-0.2, 0) is 11.2 Å². The van der Waals surface area contributed by atoms with Crippen LogP contribution < -0.4 is 0 Å². The summed E-state index contributed by atoms with van der Waals surface area (Å²) in [6, 6.07) is 2.32. The SMILES string of the molecule is CC(C)(C)OC(=O)N1C[C@@H]2C(c3nn(C4CC4)c4c(F)c(Cl)nc(CCC#N)c34)[C@@H]2C1. The van der Waals surface area contributed by atoms with E-state index in [4.69, 9.17) is 26.7 Å². The minimum Gasteiger partial charge on any atom is -0.444 e. The van der Waals surface area contributed by atoms with Gasteiger partial charge in [0.1, 0.15) is 11.1 Å². The van der Waals surface area contributed by atoms with E-state index in [0.717, 1.165) is 18.5 Å². The molecule has 9 heteroatoms. The fourth-order valence-electron chi connectivity index (χ4n) is 4.85. The molecule has 0 N–H and O–H groups in total. The summed E-state index contributed by atoms with van der Waals surface area (Å²) < 4.78 is 22.4. The van der Waals surface area contributed by atoms with Gasteiger partial charge < -0.3 is 9.64 Å². The van der Waals surface area contributed by atoms with Crippen LogP contribution in [0.2, 0.25) is 5.15 Å². The summed E-state index contributed by atoms with van der Waals surface area (Å²) in [7, 11) is 0. The third kappa shape index (κ3) is 3.53. The van der Waals surface area contributed by atoms with Crippen molar-refractivity contribution >= 4 is 28.6 Å². The second-order valence-electron chi connectivity index (χ2n) is 9.84. The predicted octanol–water partition coefficient (Wildman–Crippen LogP) is 4.60. The highest BCUT2D eigenvalue weighted by Gasteiger charge is 2.59. The van der Waals surface area contributed by atoms with Gasteiger partial charge in [-0.15, -0.1) is 0 Å². The molecule has 0 bridgehead atoms. The third-order valence-corrected chi connectivity index (χ3v) is 6.63. The molecule has 2 saturated carbocycles. The van der Waals surface area contributed by atoms with E-state index < -0.39 is 11.4 Å². The Kier molecular flexibility index (Phi) is 4.67. The van der Waals surface area contributed by atoms with Gasteiger partial charge in [0.25, 0.3) is 0 Å². The topological polar surface area (TPSA) is 84.0 Å². The van der Waals surface area contributed by atoms with Crippen molar-refractivity contribution in [3.63, 3.8) is 0 Å². The van der Waals surface area contributed by atoms with Crippen LogP contribution in [0.1, 0.15) is 63.4 Å². The number of nitrogens with zero attached hydrogens (tertiary/aromatic N) is 5. The summed E-state index contributed by atoms with van der Waals surface area (Å²) in [4.78, 5) is 18.5. The number of nitriles is 1. The Morgan fingerprint density at radius 1 is 1.32 bits per heavy atom. The molecular weight excluding hydrogens is 421 g/mol. The molecule has 0 spiro atoms. The number of fused-ring (bicyclic) bond motifs is 2. The molecule has 7 nitrogen and oxygen atoms in total. The van der Waals surface area contributed by atoms with Crippen LogP contribution >= 0.6 is 11.6 Å². The van der Waals surface area contributed by atoms with Crippen molar-refractivity contribution in [1.29, 1.82) is 5.26 Å². The number of aryl methyl sites for hydroxylation is 1. The highest BCUT2D eigenvalue weighted by Crippen LogP contribution is 2.60. The Morgan fingerprint density at radius 2 is 2.00 bits per heavy atom. The zero-order valence-electron chi connectivity index (χ0n) is 17.9. The van der Waals surface area contributed by atoms with Gasteiger partial charge in [-0.2, -0.15) is 10.4 Å². The molecule has 1 saturated heterocycles. The van der Waals surface area contributed by atoms with Gasteiger partial charge in [-0.05, 0) is 45.4 Å². The molecule has 3 aliphatic rings. The highest BCUT2D eigenvalue weighted by molar-refractivity contribution is 6.30. The number of hydrogen-bond acceptors (Lipinski definition) is 5. The van der Waals surface area contributed by atoms with E-state index in [1.807, 2.05) is 20.8 Å². The van der Waals surface area contributed by atoms with Crippen molar-refractivity contribution in [3.05, 3.63) is 22.4 Å². The monoisotopic (exact) mass is 445 g/mol. The average Bonchev–Trinajstić information content (AvgIpc) is 3.57. The maximum Gasteiger partial charge on any atom is 0.410 e. The molecule has 1 amide bonds. The molecule has 1 aliphatic heterocycles. The van der Waals surface area contributed by atoms with Crippen LogP contribution in [0.5, 0.6) is 0 Å². The summed E-state index contributed by atoms with van der Waals surface area (Å²) in [5.41, 5.74) is 1.37. The minimum absolute atomic E-state index is 0.157. The Labute approximate surface area is 185 Å². The number of carbonyl (C=O) groups excluding carboxylic acids is 1. The fraction of sp³-hybridized carbons (Fsp3) is 0.636. The molecular formula is C22H25ClFN5O2. The number of piperidine rings is 1. The van der Waals surface area contributed by atoms with Crippen LogP contribution in [0.4, 0.5) is 9.18 Å². The number of aromatic nitrogens is 3. The van der Waals surface area contributed by atoms with E-state index >= 15 is 4.39 Å². The molecule has 164 valence electrons. The Bertz CT molecular complexity index is 1100. The molecule has 31 heavy (non-hydrogen) atoms. The van der Waals surface area contributed by atoms with E-state index in [0.29, 0.717) is 36.1 Å². The minimum atomic E-state index is -0.538. The maximum atomic E-state index is 15.1. The molecule has 2 aromatic rings. The first-order valence-corrected chi connectivity index (χ1v) is 11.2. The van der Waals surface area contributed by atoms with Crippen molar-refractivity contribution in [3.8, 4) is 6.07 Å². The summed E-state index contributed by atoms with van der Waals surface area (Å²) in [6.07, 6.45) is 2.33. The van der Waals surface area contributed by atoms with E-state index in [9.17, 15) is 4.79 Å². The number of carbonyl (C=O) groups is 1. The van der Waals surface area contributed by atoms with Crippen molar-refractivity contribution < 1.29 is 13.9 Å². The molecule has 1 unspecified atom stereocenters. The number of rotatable bonds is 4. The summed E-state index contributed by atoms with van der Waals surface area (Å²) in [5, 5.41) is 14.5. The molecule has 2 aliphatic carbocycles. The Morgan fingerprint density at radius 3 is 2.58 bits per heavy atom. The van der Waals surface area contributed by atoms with Crippen molar-refractivity contribution in [2.45, 2.75) is 64.0 Å². The molecule has 3 atom stereocenters. The standard InChI is InChI=1S/C22H25ClFN5O2/c1-22(2,3)31-21(30)28-9-12-13(10-28)15(12)18-16-14(5-4-8-25)26-20(23)17(24)19(16)29(27-18)11-6-7-11/h11-13,15H,4-7,9-10H2,1-3H3/t12-,13+,15?. The third-order valence-electron chi connectivity index (χ3n) is 6.38. The van der Waals surface area contributed by atoms with Gasteiger partial charge in [-0.1, -0.05) is 11.6 Å². The highest BCUT2D eigenvalue weighted by atomic mass is 35.5. The van der Waals surface area contributed by atoms with Gasteiger partial charge in [-0.3, -0.25) is 4.68 Å². The number of likely N-dealkylation sites (tertiary alicyclic amines) is 1. The van der Waals surface area contributed by atoms with Crippen molar-refractivity contribution in [2.24, 2.45) is 11.8 Å². The fourth-order valence-corrected chi connectivity index (χ4v) is 5.04. The van der Waals surface area contributed by atoms with Crippen molar-refractivity contribution in [2.75, 3.05) is 13.1 Å². The summed E-state index contributed by atoms with van der Waals surface area (Å²) in [6.45, 7) is 6.79. The number of hydrogen-bond donors (Lipinski definition) is 0. The maximum absolute atomic E-state index is 15.1. The first-order chi connectivity index (χ1) is 14.7. The molecule has 5 rings (SSSR count). The Balaban J connectivity index is 1.48. The molecule has 0 radical (unpaired) electrons. The van der Waals surface area contributed by atoms with Gasteiger partial charge in [0.15, 0.2) is 11.0 Å². The van der Waals surface area contributed by atoms with Gasteiger partial charge in [-0.25, -0.2) is 14.2 Å². The lowest BCUT2D eigenvalue weighted by Gasteiger charge is -2.25. The second kappa shape index (κ2) is 7.06. The Hall–Kier alpha value is -2.40. The van der Waals surface area contributed by atoms with Gasteiger partial charge in [0.05, 0.1) is 23.5 Å². The summed E-state index contributed by atoms with van der Waals surface area (Å²) >= 11 is 6.11. The zero-order valence-corrected chi connectivity index (χ0v) is 18.6. The average molecular weight is 446 g/mol. The van der Waals surface area contributed by atoms with Crippen LogP contribution in [0.15, 0.2) is 0 Å². The molecule has 3 heterocycles. The number of ether oxygens (including phenoxy) is 1. The van der Waals surface area contributed by atoms with Crippen LogP contribution in [0.25, 0.3) is 10.9 Å². The van der Waals surface area contributed by atoms with Gasteiger partial charge in [0, 0.05) is 37.2 Å². The molecule has 2 aromatic heterocycles. The largest absolute Gasteiger partial charge is 0.444 e. The van der Waals surface area contributed by atoms with Gasteiger partial charge >= 0.3 is 6.09 Å². The lowest BCUT2D eigenvalue weighted by atomic mass is 10.0. The molecule has 0 aromatic carbocycles. The van der Waals surface area contributed by atoms with E-state index in [-0.39, 0.29) is 41.5 Å². The van der Waals surface area contributed by atoms with E-state index in [1.165, 1.54) is 0 Å². The first kappa shape index (κ1) is 20.5. The van der Waals surface area contributed by atoms with Crippen LogP contribution in [-0.4, -0.2) is 44.4 Å². The second-order valence-corrected chi connectivity index (χ2v) is 10.2. The first-order valence-electron chi connectivity index (χ1n) is 10.8. The molecule has 3 fully saturated rings. The predicted molar refractivity (Wildman–Crippen MR) is 112 cm³/mol. The van der Waals surface area contributed by atoms with Crippen LogP contribution in [0, 0.1) is 29.0 Å². The number of amides is 1. The number of pyridine rings is 1. The van der Waals surface area contributed by atoms with Crippen LogP contribution in [0.3, 0.4) is 0 Å². The van der Waals surface area contributed by atoms with E-state index in [1.54, 1.807) is 9.58 Å². The normalized spacial score (nSPS) is 24.9. The number of halogens is 2.